The zero-order valence-corrected chi connectivity index (χ0v) is 15.9. The molecule has 2 amide bonds. The molecular formula is C20H19ClN2O5. The van der Waals surface area contributed by atoms with Gasteiger partial charge in [0.1, 0.15) is 18.9 Å². The van der Waals surface area contributed by atoms with Crippen molar-refractivity contribution in [2.75, 3.05) is 25.6 Å². The Labute approximate surface area is 167 Å². The first-order chi connectivity index (χ1) is 13.5. The number of benzene rings is 2. The van der Waals surface area contributed by atoms with Crippen LogP contribution in [0.4, 0.5) is 5.69 Å². The number of carbonyl (C=O) groups excluding carboxylic acids is 3. The van der Waals surface area contributed by atoms with Crippen molar-refractivity contribution < 1.29 is 23.9 Å². The molecule has 28 heavy (non-hydrogen) atoms. The zero-order valence-electron chi connectivity index (χ0n) is 15.2. The molecule has 0 spiro atoms. The molecule has 3 rings (SSSR count). The number of methoxy groups -OCH3 is 1. The van der Waals surface area contributed by atoms with Crippen molar-refractivity contribution in [3.8, 4) is 5.75 Å². The summed E-state index contributed by atoms with van der Waals surface area (Å²) in [7, 11) is 1.26. The van der Waals surface area contributed by atoms with E-state index in [4.69, 9.17) is 16.3 Å². The summed E-state index contributed by atoms with van der Waals surface area (Å²) in [5.74, 6) is -0.828. The SMILES string of the molecule is COC(=O)CNC(=O)[C@H]1COc2ccc(NC(=O)c3ccc(Cl)cc3)cc2C1. The fourth-order valence-corrected chi connectivity index (χ4v) is 2.95. The van der Waals surface area contributed by atoms with E-state index in [1.807, 2.05) is 0 Å². The monoisotopic (exact) mass is 402 g/mol. The minimum atomic E-state index is -0.516. The Kier molecular flexibility index (Phi) is 6.16. The van der Waals surface area contributed by atoms with E-state index in [9.17, 15) is 14.4 Å². The van der Waals surface area contributed by atoms with Crippen LogP contribution in [-0.2, 0) is 20.7 Å². The van der Waals surface area contributed by atoms with Gasteiger partial charge in [0.2, 0.25) is 5.91 Å². The van der Waals surface area contributed by atoms with Gasteiger partial charge in [-0.2, -0.15) is 0 Å². The summed E-state index contributed by atoms with van der Waals surface area (Å²) in [6.45, 7) is 0.0341. The van der Waals surface area contributed by atoms with Gasteiger partial charge in [0.25, 0.3) is 5.91 Å². The third-order valence-corrected chi connectivity index (χ3v) is 4.59. The molecule has 0 unspecified atom stereocenters. The van der Waals surface area contributed by atoms with Gasteiger partial charge in [-0.1, -0.05) is 11.6 Å². The molecule has 0 aliphatic carbocycles. The van der Waals surface area contributed by atoms with Crippen LogP contribution in [0.5, 0.6) is 5.75 Å². The summed E-state index contributed by atoms with van der Waals surface area (Å²) in [4.78, 5) is 35.7. The number of rotatable bonds is 5. The molecule has 7 nitrogen and oxygen atoms in total. The van der Waals surface area contributed by atoms with E-state index in [1.165, 1.54) is 7.11 Å². The van der Waals surface area contributed by atoms with Crippen LogP contribution < -0.4 is 15.4 Å². The first-order valence-corrected chi connectivity index (χ1v) is 9.01. The number of nitrogens with one attached hydrogen (secondary N) is 2. The van der Waals surface area contributed by atoms with Crippen molar-refractivity contribution in [1.29, 1.82) is 0 Å². The standard InChI is InChI=1S/C20H19ClN2O5/c1-27-18(24)10-22-19(25)14-8-13-9-16(6-7-17(13)28-11-14)23-20(26)12-2-4-15(21)5-3-12/h2-7,9,14H,8,10-11H2,1H3,(H,22,25)(H,23,26)/t14-/m1/s1. The van der Waals surface area contributed by atoms with Crippen LogP contribution in [0.1, 0.15) is 15.9 Å². The molecule has 0 fully saturated rings. The molecule has 0 radical (unpaired) electrons. The van der Waals surface area contributed by atoms with Crippen molar-refractivity contribution in [2.24, 2.45) is 5.92 Å². The molecule has 2 N–H and O–H groups in total. The van der Waals surface area contributed by atoms with Crippen LogP contribution in [0.25, 0.3) is 0 Å². The van der Waals surface area contributed by atoms with Crippen LogP contribution in [0.2, 0.25) is 5.02 Å². The fraction of sp³-hybridized carbons (Fsp3) is 0.250. The molecule has 1 aliphatic heterocycles. The number of carbonyl (C=O) groups is 3. The zero-order chi connectivity index (χ0) is 20.1. The van der Waals surface area contributed by atoms with Gasteiger partial charge >= 0.3 is 5.97 Å². The van der Waals surface area contributed by atoms with Gasteiger partial charge in [0.05, 0.1) is 13.0 Å². The van der Waals surface area contributed by atoms with Gasteiger partial charge in [0.15, 0.2) is 0 Å². The molecule has 8 heteroatoms. The molecule has 146 valence electrons. The van der Waals surface area contributed by atoms with E-state index in [1.54, 1.807) is 42.5 Å². The third kappa shape index (κ3) is 4.80. The second-order valence-corrected chi connectivity index (χ2v) is 6.73. The van der Waals surface area contributed by atoms with Crippen LogP contribution in [0.15, 0.2) is 42.5 Å². The van der Waals surface area contributed by atoms with Crippen molar-refractivity contribution in [3.05, 3.63) is 58.6 Å². The molecule has 2 aromatic carbocycles. The van der Waals surface area contributed by atoms with Crippen LogP contribution in [-0.4, -0.2) is 38.0 Å². The Hall–Kier alpha value is -3.06. The summed E-state index contributed by atoms with van der Waals surface area (Å²) in [6, 6.07) is 11.9. The smallest absolute Gasteiger partial charge is 0.325 e. The minimum Gasteiger partial charge on any atom is -0.492 e. The van der Waals surface area contributed by atoms with Gasteiger partial charge in [-0.3, -0.25) is 14.4 Å². The highest BCUT2D eigenvalue weighted by molar-refractivity contribution is 6.30. The van der Waals surface area contributed by atoms with E-state index in [2.05, 4.69) is 15.4 Å². The average molecular weight is 403 g/mol. The number of hydrogen-bond donors (Lipinski definition) is 2. The number of fused-ring (bicyclic) bond motifs is 1. The molecule has 0 bridgehead atoms. The molecule has 1 aliphatic rings. The van der Waals surface area contributed by atoms with Gasteiger partial charge in [0, 0.05) is 16.3 Å². The summed E-state index contributed by atoms with van der Waals surface area (Å²) in [5.41, 5.74) is 1.88. The number of halogens is 1. The van der Waals surface area contributed by atoms with Crippen molar-refractivity contribution >= 4 is 35.1 Å². The Morgan fingerprint density at radius 3 is 2.64 bits per heavy atom. The molecule has 1 heterocycles. The third-order valence-electron chi connectivity index (χ3n) is 4.34. The van der Waals surface area contributed by atoms with Crippen LogP contribution in [0.3, 0.4) is 0 Å². The summed E-state index contributed by atoms with van der Waals surface area (Å²) in [5, 5.41) is 5.91. The second-order valence-electron chi connectivity index (χ2n) is 6.29. The van der Waals surface area contributed by atoms with E-state index in [0.29, 0.717) is 28.4 Å². The molecule has 0 aromatic heterocycles. The van der Waals surface area contributed by atoms with Gasteiger partial charge in [-0.25, -0.2) is 0 Å². The highest BCUT2D eigenvalue weighted by Gasteiger charge is 2.26. The van der Waals surface area contributed by atoms with E-state index >= 15 is 0 Å². The van der Waals surface area contributed by atoms with E-state index < -0.39 is 11.9 Å². The van der Waals surface area contributed by atoms with E-state index in [-0.39, 0.29) is 25.0 Å². The van der Waals surface area contributed by atoms with Gasteiger partial charge in [-0.15, -0.1) is 0 Å². The van der Waals surface area contributed by atoms with Crippen molar-refractivity contribution in [3.63, 3.8) is 0 Å². The predicted molar refractivity (Wildman–Crippen MR) is 104 cm³/mol. The Bertz CT molecular complexity index is 898. The molecule has 2 aromatic rings. The average Bonchev–Trinajstić information content (AvgIpc) is 2.71. The maximum atomic E-state index is 12.4. The summed E-state index contributed by atoms with van der Waals surface area (Å²) < 4.78 is 10.2. The Balaban J connectivity index is 1.65. The van der Waals surface area contributed by atoms with E-state index in [0.717, 1.165) is 5.56 Å². The Morgan fingerprint density at radius 2 is 1.93 bits per heavy atom. The molecular weight excluding hydrogens is 384 g/mol. The lowest BCUT2D eigenvalue weighted by Gasteiger charge is -2.25. The summed E-state index contributed by atoms with van der Waals surface area (Å²) >= 11 is 5.84. The maximum Gasteiger partial charge on any atom is 0.325 e. The minimum absolute atomic E-state index is 0.185. The number of hydrogen-bond acceptors (Lipinski definition) is 5. The van der Waals surface area contributed by atoms with Gasteiger partial charge in [-0.05, 0) is 54.4 Å². The van der Waals surface area contributed by atoms with Crippen molar-refractivity contribution in [2.45, 2.75) is 6.42 Å². The van der Waals surface area contributed by atoms with Gasteiger partial charge < -0.3 is 20.1 Å². The fourth-order valence-electron chi connectivity index (χ4n) is 2.82. The van der Waals surface area contributed by atoms with Crippen LogP contribution in [0, 0.1) is 5.92 Å². The maximum absolute atomic E-state index is 12.4. The first-order valence-electron chi connectivity index (χ1n) is 8.63. The topological polar surface area (TPSA) is 93.7 Å². The first kappa shape index (κ1) is 19.7. The summed E-state index contributed by atoms with van der Waals surface area (Å²) in [6.07, 6.45) is 0.437. The quantitative estimate of drug-likeness (QED) is 0.749. The molecule has 1 atom stereocenters. The van der Waals surface area contributed by atoms with Crippen molar-refractivity contribution in [1.82, 2.24) is 5.32 Å². The highest BCUT2D eigenvalue weighted by atomic mass is 35.5. The molecule has 0 saturated carbocycles. The number of anilines is 1. The number of amides is 2. The normalized spacial score (nSPS) is 15.0. The predicted octanol–water partition coefficient (Wildman–Crippen LogP) is 2.43. The number of ether oxygens (including phenoxy) is 2. The lowest BCUT2D eigenvalue weighted by molar-refractivity contribution is -0.141. The largest absolute Gasteiger partial charge is 0.492 e. The Morgan fingerprint density at radius 1 is 1.18 bits per heavy atom. The van der Waals surface area contributed by atoms with Crippen LogP contribution >= 0.6 is 11.6 Å². The second kappa shape index (κ2) is 8.75. The number of esters is 1. The lowest BCUT2D eigenvalue weighted by atomic mass is 9.95. The lowest BCUT2D eigenvalue weighted by Crippen LogP contribution is -2.39. The molecule has 0 saturated heterocycles. The highest BCUT2D eigenvalue weighted by Crippen LogP contribution is 2.30.